The summed E-state index contributed by atoms with van der Waals surface area (Å²) in [5, 5.41) is 0. The lowest BCUT2D eigenvalue weighted by Gasteiger charge is -2.39. The first-order valence-electron chi connectivity index (χ1n) is 6.18. The fraction of sp³-hybridized carbons (Fsp3) is 0.846. The van der Waals surface area contributed by atoms with E-state index in [1.165, 1.54) is 0 Å². The fourth-order valence-corrected chi connectivity index (χ4v) is 2.32. The van der Waals surface area contributed by atoms with Gasteiger partial charge in [0.25, 0.3) is 0 Å². The Morgan fingerprint density at radius 2 is 1.71 bits per heavy atom. The number of carbonyl (C=O) groups is 2. The molecule has 4 nitrogen and oxygen atoms in total. The molecule has 1 aliphatic heterocycles. The third kappa shape index (κ3) is 3.72. The third-order valence-corrected chi connectivity index (χ3v) is 3.14. The number of carbonyl (C=O) groups excluding carboxylic acids is 2. The van der Waals surface area contributed by atoms with Crippen LogP contribution in [0.3, 0.4) is 0 Å². The van der Waals surface area contributed by atoms with Gasteiger partial charge in [-0.2, -0.15) is 0 Å². The van der Waals surface area contributed by atoms with E-state index in [1.54, 1.807) is 4.90 Å². The Hall–Kier alpha value is -1.06. The molecule has 1 amide bonds. The first kappa shape index (κ1) is 14.0. The summed E-state index contributed by atoms with van der Waals surface area (Å²) in [7, 11) is 0. The van der Waals surface area contributed by atoms with Crippen molar-refractivity contribution in [3.63, 3.8) is 0 Å². The molecule has 0 N–H and O–H groups in total. The molecule has 98 valence electrons. The van der Waals surface area contributed by atoms with E-state index < -0.39 is 5.60 Å². The van der Waals surface area contributed by atoms with Crippen molar-refractivity contribution in [3.8, 4) is 0 Å². The van der Waals surface area contributed by atoms with Crippen molar-refractivity contribution in [1.82, 2.24) is 4.90 Å². The van der Waals surface area contributed by atoms with Crippen LogP contribution in [0.1, 0.15) is 34.6 Å². The van der Waals surface area contributed by atoms with Gasteiger partial charge in [-0.1, -0.05) is 13.8 Å². The number of hydrogen-bond acceptors (Lipinski definition) is 3. The lowest BCUT2D eigenvalue weighted by molar-refractivity contribution is -0.116. The lowest BCUT2D eigenvalue weighted by Crippen LogP contribution is -2.49. The maximum atomic E-state index is 11.9. The Labute approximate surface area is 103 Å². The quantitative estimate of drug-likeness (QED) is 0.662. The zero-order valence-electron chi connectivity index (χ0n) is 11.4. The summed E-state index contributed by atoms with van der Waals surface area (Å²) in [5.74, 6) is 0.446. The van der Waals surface area contributed by atoms with Crippen molar-refractivity contribution in [2.24, 2.45) is 17.8 Å². The molecule has 2 atom stereocenters. The van der Waals surface area contributed by atoms with Gasteiger partial charge in [0.05, 0.1) is 0 Å². The van der Waals surface area contributed by atoms with Crippen molar-refractivity contribution in [2.45, 2.75) is 40.2 Å². The first-order valence-corrected chi connectivity index (χ1v) is 6.18. The number of rotatable bonds is 1. The summed E-state index contributed by atoms with van der Waals surface area (Å²) in [6.07, 6.45) is 0.738. The second-order valence-corrected chi connectivity index (χ2v) is 6.05. The van der Waals surface area contributed by atoms with Crippen LogP contribution in [0.4, 0.5) is 4.79 Å². The molecule has 0 aromatic carbocycles. The number of aldehydes is 1. The Kier molecular flexibility index (Phi) is 4.17. The highest BCUT2D eigenvalue weighted by Crippen LogP contribution is 2.27. The molecule has 1 fully saturated rings. The van der Waals surface area contributed by atoms with E-state index in [1.807, 2.05) is 34.6 Å². The molecule has 4 heteroatoms. The second kappa shape index (κ2) is 5.07. The topological polar surface area (TPSA) is 46.6 Å². The van der Waals surface area contributed by atoms with E-state index in [0.717, 1.165) is 6.29 Å². The largest absolute Gasteiger partial charge is 0.444 e. The lowest BCUT2D eigenvalue weighted by atomic mass is 9.81. The van der Waals surface area contributed by atoms with Crippen molar-refractivity contribution in [2.75, 3.05) is 13.1 Å². The average molecular weight is 241 g/mol. The summed E-state index contributed by atoms with van der Waals surface area (Å²) in [6.45, 7) is 10.8. The minimum absolute atomic E-state index is 0.0497. The zero-order valence-corrected chi connectivity index (χ0v) is 11.4. The molecular weight excluding hydrogens is 218 g/mol. The highest BCUT2D eigenvalue weighted by Gasteiger charge is 2.35. The molecule has 0 radical (unpaired) electrons. The van der Waals surface area contributed by atoms with Crippen LogP contribution < -0.4 is 0 Å². The fourth-order valence-electron chi connectivity index (χ4n) is 2.32. The van der Waals surface area contributed by atoms with Crippen molar-refractivity contribution in [1.29, 1.82) is 0 Å². The molecule has 17 heavy (non-hydrogen) atoms. The number of likely N-dealkylation sites (tertiary alicyclic amines) is 1. The Balaban J connectivity index is 2.63. The molecule has 2 unspecified atom stereocenters. The number of piperidine rings is 1. The van der Waals surface area contributed by atoms with Crippen LogP contribution in [0.5, 0.6) is 0 Å². The van der Waals surface area contributed by atoms with Gasteiger partial charge in [0, 0.05) is 19.0 Å². The van der Waals surface area contributed by atoms with Crippen LogP contribution in [0.2, 0.25) is 0 Å². The van der Waals surface area contributed by atoms with Gasteiger partial charge in [0.2, 0.25) is 0 Å². The van der Waals surface area contributed by atoms with Crippen molar-refractivity contribution in [3.05, 3.63) is 0 Å². The van der Waals surface area contributed by atoms with E-state index in [-0.39, 0.29) is 23.8 Å². The van der Waals surface area contributed by atoms with Gasteiger partial charge in [-0.15, -0.1) is 0 Å². The van der Waals surface area contributed by atoms with Crippen LogP contribution in [-0.2, 0) is 9.53 Å². The van der Waals surface area contributed by atoms with Crippen LogP contribution in [-0.4, -0.2) is 36.0 Å². The van der Waals surface area contributed by atoms with Crippen LogP contribution in [0.25, 0.3) is 0 Å². The van der Waals surface area contributed by atoms with Gasteiger partial charge in [-0.05, 0) is 32.6 Å². The maximum Gasteiger partial charge on any atom is 0.410 e. The average Bonchev–Trinajstić information content (AvgIpc) is 2.14. The summed E-state index contributed by atoms with van der Waals surface area (Å²) in [5.41, 5.74) is -0.467. The normalized spacial score (nSPS) is 29.9. The molecular formula is C13H23NO3. The molecule has 0 saturated carbocycles. The summed E-state index contributed by atoms with van der Waals surface area (Å²) in [6, 6.07) is 0. The van der Waals surface area contributed by atoms with E-state index in [4.69, 9.17) is 4.74 Å². The SMILES string of the molecule is CC1CN(C(=O)OC(C)(C)C)CC(C)C1C=O. The van der Waals surface area contributed by atoms with Gasteiger partial charge in [-0.25, -0.2) is 4.79 Å². The van der Waals surface area contributed by atoms with E-state index in [0.29, 0.717) is 13.1 Å². The molecule has 0 aliphatic carbocycles. The predicted octanol–water partition coefficient (Wildman–Crippen LogP) is 2.32. The molecule has 0 bridgehead atoms. The predicted molar refractivity (Wildman–Crippen MR) is 65.7 cm³/mol. The number of hydrogen-bond donors (Lipinski definition) is 0. The molecule has 1 heterocycles. The first-order chi connectivity index (χ1) is 7.74. The van der Waals surface area contributed by atoms with Gasteiger partial charge in [-0.3, -0.25) is 0 Å². The second-order valence-electron chi connectivity index (χ2n) is 6.05. The minimum atomic E-state index is -0.467. The van der Waals surface area contributed by atoms with Crippen LogP contribution in [0, 0.1) is 17.8 Å². The zero-order chi connectivity index (χ0) is 13.2. The van der Waals surface area contributed by atoms with E-state index in [9.17, 15) is 9.59 Å². The highest BCUT2D eigenvalue weighted by atomic mass is 16.6. The monoisotopic (exact) mass is 241 g/mol. The molecule has 0 spiro atoms. The van der Waals surface area contributed by atoms with Crippen LogP contribution >= 0.6 is 0 Å². The molecule has 0 aromatic rings. The van der Waals surface area contributed by atoms with Crippen molar-refractivity contribution >= 4 is 12.4 Å². The number of nitrogens with zero attached hydrogens (tertiary/aromatic N) is 1. The Morgan fingerprint density at radius 1 is 1.24 bits per heavy atom. The van der Waals surface area contributed by atoms with Crippen LogP contribution in [0.15, 0.2) is 0 Å². The molecule has 0 aromatic heterocycles. The van der Waals surface area contributed by atoms with E-state index >= 15 is 0 Å². The Morgan fingerprint density at radius 3 is 2.06 bits per heavy atom. The summed E-state index contributed by atoms with van der Waals surface area (Å²) < 4.78 is 5.34. The molecule has 1 rings (SSSR count). The third-order valence-electron chi connectivity index (χ3n) is 3.14. The van der Waals surface area contributed by atoms with Crippen molar-refractivity contribution < 1.29 is 14.3 Å². The number of ether oxygens (including phenoxy) is 1. The van der Waals surface area contributed by atoms with Gasteiger partial charge in [0.15, 0.2) is 0 Å². The highest BCUT2D eigenvalue weighted by molar-refractivity contribution is 5.68. The summed E-state index contributed by atoms with van der Waals surface area (Å²) >= 11 is 0. The molecule has 1 saturated heterocycles. The van der Waals surface area contributed by atoms with Gasteiger partial charge < -0.3 is 14.4 Å². The molecule has 1 aliphatic rings. The van der Waals surface area contributed by atoms with E-state index in [2.05, 4.69) is 0 Å². The minimum Gasteiger partial charge on any atom is -0.444 e. The Bertz CT molecular complexity index is 284. The standard InChI is InChI=1S/C13H23NO3/c1-9-6-14(7-10(2)11(9)8-15)12(16)17-13(3,4)5/h8-11H,6-7H2,1-5H3. The smallest absolute Gasteiger partial charge is 0.410 e. The van der Waals surface area contributed by atoms with Gasteiger partial charge >= 0.3 is 6.09 Å². The summed E-state index contributed by atoms with van der Waals surface area (Å²) in [4.78, 5) is 24.6. The van der Waals surface area contributed by atoms with Gasteiger partial charge in [0.1, 0.15) is 11.9 Å². The number of amides is 1. The maximum absolute atomic E-state index is 11.9.